The molecule has 2 rings (SSSR count). The Morgan fingerprint density at radius 1 is 1.35 bits per heavy atom. The van der Waals surface area contributed by atoms with Gasteiger partial charge in [0.05, 0.1) is 22.6 Å². The van der Waals surface area contributed by atoms with Gasteiger partial charge in [0, 0.05) is 11.1 Å². The number of aromatic nitrogens is 1. The van der Waals surface area contributed by atoms with E-state index in [9.17, 15) is 0 Å². The van der Waals surface area contributed by atoms with Crippen molar-refractivity contribution in [3.05, 3.63) is 44.3 Å². The van der Waals surface area contributed by atoms with Gasteiger partial charge in [-0.3, -0.25) is 4.98 Å². The minimum atomic E-state index is 0.155. The summed E-state index contributed by atoms with van der Waals surface area (Å²) in [4.78, 5) is 5.57. The summed E-state index contributed by atoms with van der Waals surface area (Å²) in [5.74, 6) is 0.820. The Morgan fingerprint density at radius 2 is 2.15 bits per heavy atom. The molecular formula is C15H19BrN2OS. The van der Waals surface area contributed by atoms with E-state index in [0.717, 1.165) is 17.9 Å². The summed E-state index contributed by atoms with van der Waals surface area (Å²) >= 11 is 5.36. The molecule has 0 amide bonds. The fraction of sp³-hybridized carbons (Fsp3) is 0.400. The quantitative estimate of drug-likeness (QED) is 0.838. The highest BCUT2D eigenvalue weighted by Crippen LogP contribution is 2.34. The van der Waals surface area contributed by atoms with Crippen LogP contribution in [0.25, 0.3) is 0 Å². The lowest BCUT2D eigenvalue weighted by atomic mass is 10.1. The van der Waals surface area contributed by atoms with Crippen LogP contribution in [0.2, 0.25) is 0 Å². The van der Waals surface area contributed by atoms with Gasteiger partial charge < -0.3 is 10.1 Å². The Morgan fingerprint density at radius 3 is 2.75 bits per heavy atom. The van der Waals surface area contributed by atoms with Crippen molar-refractivity contribution in [2.75, 3.05) is 13.2 Å². The summed E-state index contributed by atoms with van der Waals surface area (Å²) in [6.45, 7) is 7.76. The van der Waals surface area contributed by atoms with Gasteiger partial charge in [0.25, 0.3) is 0 Å². The summed E-state index contributed by atoms with van der Waals surface area (Å²) in [6.07, 6.45) is 3.66. The Kier molecular flexibility index (Phi) is 5.57. The first-order valence-corrected chi connectivity index (χ1v) is 8.33. The van der Waals surface area contributed by atoms with Gasteiger partial charge in [0.2, 0.25) is 0 Å². The highest BCUT2D eigenvalue weighted by Gasteiger charge is 2.17. The second kappa shape index (κ2) is 7.20. The summed E-state index contributed by atoms with van der Waals surface area (Å²) in [5, 5.41) is 3.52. The number of aryl methyl sites for hydroxylation is 1. The third-order valence-corrected chi connectivity index (χ3v) is 5.15. The van der Waals surface area contributed by atoms with Crippen molar-refractivity contribution in [3.8, 4) is 5.75 Å². The molecule has 1 atom stereocenters. The molecule has 0 saturated carbocycles. The van der Waals surface area contributed by atoms with Crippen LogP contribution in [0.15, 0.2) is 28.3 Å². The third kappa shape index (κ3) is 3.59. The zero-order chi connectivity index (χ0) is 14.5. The smallest absolute Gasteiger partial charge is 0.137 e. The maximum atomic E-state index is 5.54. The van der Waals surface area contributed by atoms with Crippen LogP contribution < -0.4 is 10.1 Å². The third-order valence-electron chi connectivity index (χ3n) is 2.95. The predicted octanol–water partition coefficient (Wildman–Crippen LogP) is 4.31. The van der Waals surface area contributed by atoms with Crippen molar-refractivity contribution in [2.45, 2.75) is 26.8 Å². The number of pyridine rings is 1. The van der Waals surface area contributed by atoms with Crippen LogP contribution >= 0.6 is 27.3 Å². The number of nitrogens with zero attached hydrogens (tertiary/aromatic N) is 1. The predicted molar refractivity (Wildman–Crippen MR) is 87.7 cm³/mol. The molecule has 0 radical (unpaired) electrons. The minimum absolute atomic E-state index is 0.155. The molecule has 0 aliphatic rings. The number of hydrogen-bond donors (Lipinski definition) is 1. The first-order valence-electron chi connectivity index (χ1n) is 6.72. The van der Waals surface area contributed by atoms with Gasteiger partial charge in [-0.25, -0.2) is 0 Å². The maximum absolute atomic E-state index is 5.54. The van der Waals surface area contributed by atoms with Crippen molar-refractivity contribution in [1.29, 1.82) is 0 Å². The van der Waals surface area contributed by atoms with E-state index in [2.05, 4.69) is 52.2 Å². The Hall–Kier alpha value is -0.910. The van der Waals surface area contributed by atoms with E-state index in [-0.39, 0.29) is 6.04 Å². The molecule has 20 heavy (non-hydrogen) atoms. The van der Waals surface area contributed by atoms with Crippen LogP contribution in [-0.4, -0.2) is 18.1 Å². The largest absolute Gasteiger partial charge is 0.492 e. The molecule has 0 aliphatic carbocycles. The molecule has 0 spiro atoms. The second-order valence-electron chi connectivity index (χ2n) is 4.48. The molecule has 1 unspecified atom stereocenters. The van der Waals surface area contributed by atoms with Crippen LogP contribution in [0.4, 0.5) is 0 Å². The Labute approximate surface area is 132 Å². The molecule has 3 nitrogen and oxygen atoms in total. The van der Waals surface area contributed by atoms with Crippen LogP contribution in [0, 0.1) is 6.92 Å². The lowest BCUT2D eigenvalue weighted by molar-refractivity contribution is 0.338. The van der Waals surface area contributed by atoms with Crippen molar-refractivity contribution in [2.24, 2.45) is 0 Å². The Balaban J connectivity index is 2.34. The first kappa shape index (κ1) is 15.5. The SMILES string of the molecule is CCNC(c1cncc(OCC)c1)c1cc(C)c(Br)s1. The molecule has 0 saturated heterocycles. The molecule has 5 heteroatoms. The summed E-state index contributed by atoms with van der Waals surface area (Å²) in [6, 6.07) is 4.44. The topological polar surface area (TPSA) is 34.2 Å². The highest BCUT2D eigenvalue weighted by molar-refractivity contribution is 9.11. The highest BCUT2D eigenvalue weighted by atomic mass is 79.9. The number of rotatable bonds is 6. The number of nitrogens with one attached hydrogen (secondary N) is 1. The number of halogens is 1. The van der Waals surface area contributed by atoms with E-state index in [4.69, 9.17) is 4.74 Å². The zero-order valence-corrected chi connectivity index (χ0v) is 14.3. The van der Waals surface area contributed by atoms with Gasteiger partial charge >= 0.3 is 0 Å². The first-order chi connectivity index (χ1) is 9.65. The van der Waals surface area contributed by atoms with Crippen LogP contribution in [0.5, 0.6) is 5.75 Å². The zero-order valence-electron chi connectivity index (χ0n) is 11.9. The van der Waals surface area contributed by atoms with Crippen LogP contribution in [-0.2, 0) is 0 Å². The molecular weight excluding hydrogens is 336 g/mol. The van der Waals surface area contributed by atoms with E-state index < -0.39 is 0 Å². The Bertz CT molecular complexity index is 551. The standard InChI is InChI=1S/C15H19BrN2OS/c1-4-18-14(13-6-10(3)15(16)20-13)11-7-12(19-5-2)9-17-8-11/h6-9,14,18H,4-5H2,1-3H3. The van der Waals surface area contributed by atoms with Crippen molar-refractivity contribution in [3.63, 3.8) is 0 Å². The van der Waals surface area contributed by atoms with Crippen LogP contribution in [0.3, 0.4) is 0 Å². The van der Waals surface area contributed by atoms with Gasteiger partial charge in [-0.2, -0.15) is 0 Å². The van der Waals surface area contributed by atoms with E-state index in [1.807, 2.05) is 13.1 Å². The minimum Gasteiger partial charge on any atom is -0.492 e. The molecule has 0 aromatic carbocycles. The van der Waals surface area contributed by atoms with Crippen molar-refractivity contribution in [1.82, 2.24) is 10.3 Å². The van der Waals surface area contributed by atoms with E-state index in [0.29, 0.717) is 6.61 Å². The van der Waals surface area contributed by atoms with Gasteiger partial charge in [-0.15, -0.1) is 11.3 Å². The maximum Gasteiger partial charge on any atom is 0.137 e. The van der Waals surface area contributed by atoms with Crippen molar-refractivity contribution >= 4 is 27.3 Å². The van der Waals surface area contributed by atoms with E-state index in [1.165, 1.54) is 14.2 Å². The molecule has 2 aromatic heterocycles. The average molecular weight is 355 g/mol. The number of hydrogen-bond acceptors (Lipinski definition) is 4. The van der Waals surface area contributed by atoms with Gasteiger partial charge in [-0.1, -0.05) is 6.92 Å². The summed E-state index contributed by atoms with van der Waals surface area (Å²) in [5.41, 5.74) is 2.40. The lowest BCUT2D eigenvalue weighted by Gasteiger charge is -2.17. The second-order valence-corrected chi connectivity index (χ2v) is 6.88. The summed E-state index contributed by atoms with van der Waals surface area (Å²) < 4.78 is 6.73. The van der Waals surface area contributed by atoms with Crippen LogP contribution in [0.1, 0.15) is 35.9 Å². The van der Waals surface area contributed by atoms with Gasteiger partial charge in [0.1, 0.15) is 5.75 Å². The fourth-order valence-corrected chi connectivity index (χ4v) is 3.73. The molecule has 2 aromatic rings. The summed E-state index contributed by atoms with van der Waals surface area (Å²) in [7, 11) is 0. The molecule has 1 N–H and O–H groups in total. The van der Waals surface area contributed by atoms with Gasteiger partial charge in [0.15, 0.2) is 0 Å². The molecule has 0 bridgehead atoms. The average Bonchev–Trinajstić information content (AvgIpc) is 2.76. The lowest BCUT2D eigenvalue weighted by Crippen LogP contribution is -2.21. The van der Waals surface area contributed by atoms with E-state index >= 15 is 0 Å². The van der Waals surface area contributed by atoms with Crippen molar-refractivity contribution < 1.29 is 4.74 Å². The number of ether oxygens (including phenoxy) is 1. The van der Waals surface area contributed by atoms with E-state index in [1.54, 1.807) is 17.5 Å². The molecule has 0 aliphatic heterocycles. The molecule has 108 valence electrons. The molecule has 0 fully saturated rings. The normalized spacial score (nSPS) is 12.4. The molecule has 2 heterocycles. The van der Waals surface area contributed by atoms with Gasteiger partial charge in [-0.05, 0) is 59.6 Å². The fourth-order valence-electron chi connectivity index (χ4n) is 2.05. The number of thiophene rings is 1. The monoisotopic (exact) mass is 354 g/mol.